The van der Waals surface area contributed by atoms with Crippen molar-refractivity contribution in [2.24, 2.45) is 0 Å². The van der Waals surface area contributed by atoms with E-state index in [9.17, 15) is 14.3 Å². The van der Waals surface area contributed by atoms with Crippen LogP contribution in [-0.4, -0.2) is 16.0 Å². The van der Waals surface area contributed by atoms with Crippen molar-refractivity contribution in [3.8, 4) is 5.75 Å². The third kappa shape index (κ3) is 3.96. The minimum absolute atomic E-state index is 0.0295. The van der Waals surface area contributed by atoms with E-state index >= 15 is 0 Å². The summed E-state index contributed by atoms with van der Waals surface area (Å²) in [5.74, 6) is -0.338. The van der Waals surface area contributed by atoms with Crippen molar-refractivity contribution >= 4 is 34.5 Å². The van der Waals surface area contributed by atoms with Crippen LogP contribution in [0.15, 0.2) is 36.4 Å². The molecule has 1 heterocycles. The first-order chi connectivity index (χ1) is 11.9. The Morgan fingerprint density at radius 2 is 2.12 bits per heavy atom. The number of aromatic hydroxyl groups is 1. The predicted molar refractivity (Wildman–Crippen MR) is 101 cm³/mol. The van der Waals surface area contributed by atoms with E-state index in [0.717, 1.165) is 18.4 Å². The van der Waals surface area contributed by atoms with E-state index in [2.05, 4.69) is 5.32 Å². The first-order valence-corrected chi connectivity index (χ1v) is 8.53. The topological polar surface area (TPSA) is 52.6 Å². The van der Waals surface area contributed by atoms with Crippen LogP contribution >= 0.6 is 12.2 Å². The van der Waals surface area contributed by atoms with E-state index in [1.54, 1.807) is 30.0 Å². The molecule has 0 spiro atoms. The number of nitrogens with one attached hydrogen (secondary N) is 1. The average Bonchev–Trinajstić information content (AvgIpc) is 2.68. The van der Waals surface area contributed by atoms with Crippen LogP contribution in [0.2, 0.25) is 0 Å². The van der Waals surface area contributed by atoms with Gasteiger partial charge in [-0.15, -0.1) is 0 Å². The number of phenols is 1. The number of nitrogens with zero attached hydrogens (tertiary/aromatic N) is 1. The van der Waals surface area contributed by atoms with Crippen LogP contribution in [0.4, 0.5) is 15.8 Å². The van der Waals surface area contributed by atoms with Gasteiger partial charge >= 0.3 is 0 Å². The number of hydrogen-bond donors (Lipinski definition) is 2. The zero-order chi connectivity index (χ0) is 18.0. The van der Waals surface area contributed by atoms with Gasteiger partial charge < -0.3 is 15.3 Å². The Bertz CT molecular complexity index is 838. The molecular formula is C19H19FN2O2S. The van der Waals surface area contributed by atoms with Crippen LogP contribution in [0.1, 0.15) is 30.9 Å². The molecule has 1 aliphatic heterocycles. The monoisotopic (exact) mass is 358 g/mol. The molecule has 130 valence electrons. The Kier molecular flexibility index (Phi) is 4.99. The number of benzene rings is 2. The Morgan fingerprint density at radius 3 is 2.84 bits per heavy atom. The van der Waals surface area contributed by atoms with Crippen LogP contribution in [0.25, 0.3) is 0 Å². The molecule has 0 radical (unpaired) electrons. The van der Waals surface area contributed by atoms with Gasteiger partial charge in [-0.3, -0.25) is 4.79 Å². The molecule has 0 bridgehead atoms. The summed E-state index contributed by atoms with van der Waals surface area (Å²) in [6, 6.07) is 9.62. The number of carbonyl (C=O) groups excluding carboxylic acids is 1. The van der Waals surface area contributed by atoms with Gasteiger partial charge in [0.05, 0.1) is 22.9 Å². The van der Waals surface area contributed by atoms with Crippen LogP contribution < -0.4 is 10.2 Å². The molecule has 3 rings (SSSR count). The number of amides is 1. The third-order valence-corrected chi connectivity index (χ3v) is 4.27. The molecule has 25 heavy (non-hydrogen) atoms. The molecule has 4 nitrogen and oxygen atoms in total. The minimum Gasteiger partial charge on any atom is -0.506 e. The van der Waals surface area contributed by atoms with Gasteiger partial charge in [0.1, 0.15) is 11.6 Å². The highest BCUT2D eigenvalue weighted by molar-refractivity contribution is 7.80. The highest BCUT2D eigenvalue weighted by Gasteiger charge is 2.24. The summed E-state index contributed by atoms with van der Waals surface area (Å²) >= 11 is 5.04. The fourth-order valence-corrected chi connectivity index (χ4v) is 3.16. The Balaban J connectivity index is 2.00. The number of rotatable bonds is 3. The van der Waals surface area contributed by atoms with Crippen LogP contribution in [-0.2, 0) is 17.8 Å². The van der Waals surface area contributed by atoms with Crippen LogP contribution in [0.3, 0.4) is 0 Å². The molecule has 0 saturated heterocycles. The lowest BCUT2D eigenvalue weighted by atomic mass is 10.1. The average molecular weight is 358 g/mol. The molecule has 0 aromatic heterocycles. The van der Waals surface area contributed by atoms with Crippen LogP contribution in [0, 0.1) is 5.82 Å². The summed E-state index contributed by atoms with van der Waals surface area (Å²) in [5.41, 5.74) is 2.86. The summed E-state index contributed by atoms with van der Waals surface area (Å²) < 4.78 is 13.5. The second-order valence-corrected chi connectivity index (χ2v) is 6.75. The third-order valence-electron chi connectivity index (χ3n) is 4.17. The maximum absolute atomic E-state index is 13.5. The molecule has 1 amide bonds. The number of thiocarbonyl (C=S) groups is 1. The van der Waals surface area contributed by atoms with E-state index in [-0.39, 0.29) is 24.0 Å². The number of aryl methyl sites for hydroxylation is 1. The molecule has 0 atom stereocenters. The zero-order valence-electron chi connectivity index (χ0n) is 13.9. The highest BCUT2D eigenvalue weighted by Crippen LogP contribution is 2.36. The maximum Gasteiger partial charge on any atom is 0.227 e. The van der Waals surface area contributed by atoms with Crippen molar-refractivity contribution in [2.75, 3.05) is 10.2 Å². The van der Waals surface area contributed by atoms with Crippen molar-refractivity contribution in [2.45, 2.75) is 32.7 Å². The fraction of sp³-hybridized carbons (Fsp3) is 0.263. The highest BCUT2D eigenvalue weighted by atomic mass is 32.1. The summed E-state index contributed by atoms with van der Waals surface area (Å²) in [6.07, 6.45) is 1.87. The van der Waals surface area contributed by atoms with Gasteiger partial charge in [0.15, 0.2) is 0 Å². The molecule has 2 N–H and O–H groups in total. The second-order valence-electron chi connectivity index (χ2n) is 6.14. The summed E-state index contributed by atoms with van der Waals surface area (Å²) in [7, 11) is 0. The number of phenolic OH excluding ortho intramolecular Hbond substituents is 1. The van der Waals surface area contributed by atoms with Crippen molar-refractivity contribution in [3.05, 3.63) is 53.3 Å². The molecule has 0 fully saturated rings. The number of halogens is 1. The Hall–Kier alpha value is -2.47. The molecule has 1 aliphatic rings. The maximum atomic E-state index is 13.5. The summed E-state index contributed by atoms with van der Waals surface area (Å²) in [5, 5.41) is 13.3. The molecule has 6 heteroatoms. The SMILES string of the molecule is CC(=S)Nc1cc2c(cc1O)N(Cc1cccc(F)c1)C(=O)CCC2. The van der Waals surface area contributed by atoms with E-state index in [1.807, 2.05) is 6.07 Å². The van der Waals surface area contributed by atoms with Crippen molar-refractivity contribution in [1.82, 2.24) is 0 Å². The van der Waals surface area contributed by atoms with Gasteiger partial charge in [-0.1, -0.05) is 24.4 Å². The number of hydrogen-bond acceptors (Lipinski definition) is 3. The molecule has 2 aromatic rings. The van der Waals surface area contributed by atoms with E-state index in [4.69, 9.17) is 12.2 Å². The van der Waals surface area contributed by atoms with Gasteiger partial charge in [0.2, 0.25) is 5.91 Å². The standard InChI is InChI=1S/C19H19FN2O2S/c1-12(25)21-16-9-14-5-3-7-19(24)22(17(14)10-18(16)23)11-13-4-2-6-15(20)8-13/h2,4,6,8-10,23H,3,5,7,11H2,1H3,(H,21,25). The number of carbonyl (C=O) groups is 1. The molecule has 0 unspecified atom stereocenters. The zero-order valence-corrected chi connectivity index (χ0v) is 14.7. The second kappa shape index (κ2) is 7.19. The number of fused-ring (bicyclic) bond motifs is 1. The van der Waals surface area contributed by atoms with Gasteiger partial charge in [-0.25, -0.2) is 4.39 Å². The van der Waals surface area contributed by atoms with Gasteiger partial charge in [-0.05, 0) is 49.1 Å². The first-order valence-electron chi connectivity index (χ1n) is 8.12. The largest absolute Gasteiger partial charge is 0.506 e. The Morgan fingerprint density at radius 1 is 1.32 bits per heavy atom. The summed E-state index contributed by atoms with van der Waals surface area (Å²) in [6.45, 7) is 2.00. The van der Waals surface area contributed by atoms with Crippen molar-refractivity contribution in [1.29, 1.82) is 0 Å². The lowest BCUT2D eigenvalue weighted by molar-refractivity contribution is -0.118. The Labute approximate surface area is 151 Å². The van der Waals surface area contributed by atoms with Crippen LogP contribution in [0.5, 0.6) is 5.75 Å². The van der Waals surface area contributed by atoms with Crippen molar-refractivity contribution in [3.63, 3.8) is 0 Å². The lowest BCUT2D eigenvalue weighted by Crippen LogP contribution is -2.29. The van der Waals surface area contributed by atoms with E-state index in [0.29, 0.717) is 28.3 Å². The first kappa shape index (κ1) is 17.4. The van der Waals surface area contributed by atoms with Crippen molar-refractivity contribution < 1.29 is 14.3 Å². The van der Waals surface area contributed by atoms with E-state index in [1.165, 1.54) is 12.1 Å². The molecule has 0 aliphatic carbocycles. The normalized spacial score (nSPS) is 14.0. The molecule has 2 aromatic carbocycles. The van der Waals surface area contributed by atoms with Gasteiger partial charge in [-0.2, -0.15) is 0 Å². The number of anilines is 2. The van der Waals surface area contributed by atoms with E-state index < -0.39 is 0 Å². The van der Waals surface area contributed by atoms with Gasteiger partial charge in [0.25, 0.3) is 0 Å². The summed E-state index contributed by atoms with van der Waals surface area (Å²) in [4.78, 5) is 14.7. The minimum atomic E-state index is -0.334. The lowest BCUT2D eigenvalue weighted by Gasteiger charge is -2.24. The fourth-order valence-electron chi connectivity index (χ4n) is 3.05. The molecule has 0 saturated carbocycles. The quantitative estimate of drug-likeness (QED) is 0.639. The predicted octanol–water partition coefficient (Wildman–Crippen LogP) is 4.16. The molecular weight excluding hydrogens is 339 g/mol. The smallest absolute Gasteiger partial charge is 0.227 e. The van der Waals surface area contributed by atoms with Gasteiger partial charge in [0, 0.05) is 12.5 Å².